The normalized spacial score (nSPS) is 16.5. The van der Waals surface area contributed by atoms with E-state index in [1.54, 1.807) is 24.3 Å². The molecule has 4 aromatic rings. The maximum absolute atomic E-state index is 14.5. The molecular formula is C25H24ClFN6O3. The quantitative estimate of drug-likeness (QED) is 0.376. The van der Waals surface area contributed by atoms with Crippen molar-refractivity contribution in [2.24, 2.45) is 0 Å². The van der Waals surface area contributed by atoms with E-state index in [0.29, 0.717) is 40.4 Å². The molecule has 1 aliphatic heterocycles. The van der Waals surface area contributed by atoms with Crippen LogP contribution in [0.2, 0.25) is 5.02 Å². The Morgan fingerprint density at radius 2 is 1.92 bits per heavy atom. The lowest BCUT2D eigenvalue weighted by Crippen LogP contribution is -2.55. The maximum atomic E-state index is 14.5. The van der Waals surface area contributed by atoms with Gasteiger partial charge in [-0.2, -0.15) is 0 Å². The lowest BCUT2D eigenvalue weighted by atomic mass is 10.1. The molecule has 1 saturated heterocycles. The van der Waals surface area contributed by atoms with Gasteiger partial charge < -0.3 is 25.2 Å². The maximum Gasteiger partial charge on any atom is 0.253 e. The Bertz CT molecular complexity index is 1540. The van der Waals surface area contributed by atoms with Crippen LogP contribution < -0.4 is 31.1 Å². The third-order valence-electron chi connectivity index (χ3n) is 6.42. The molecule has 1 aliphatic rings. The van der Waals surface area contributed by atoms with Crippen LogP contribution in [0.1, 0.15) is 6.92 Å². The summed E-state index contributed by atoms with van der Waals surface area (Å²) in [7, 11) is 3.53. The fourth-order valence-electron chi connectivity index (χ4n) is 4.55. The zero-order chi connectivity index (χ0) is 25.6. The van der Waals surface area contributed by atoms with Crippen LogP contribution in [0.25, 0.3) is 10.9 Å². The minimum Gasteiger partial charge on any atom is -0.494 e. The molecule has 0 unspecified atom stereocenters. The first kappa shape index (κ1) is 24.0. The zero-order valence-corrected chi connectivity index (χ0v) is 20.7. The van der Waals surface area contributed by atoms with Crippen molar-refractivity contribution in [3.63, 3.8) is 0 Å². The number of rotatable bonds is 6. The van der Waals surface area contributed by atoms with Gasteiger partial charge in [-0.15, -0.1) is 0 Å². The summed E-state index contributed by atoms with van der Waals surface area (Å²) in [5.74, 6) is 0.156. The molecule has 0 saturated carbocycles. The smallest absolute Gasteiger partial charge is 0.253 e. The summed E-state index contributed by atoms with van der Waals surface area (Å²) in [4.78, 5) is 37.9. The van der Waals surface area contributed by atoms with Crippen molar-refractivity contribution in [3.05, 3.63) is 67.9 Å². The molecule has 0 amide bonds. The van der Waals surface area contributed by atoms with Crippen molar-refractivity contribution >= 4 is 51.1 Å². The second kappa shape index (κ2) is 9.36. The number of nitrogens with one attached hydrogen (secondary N) is 2. The molecule has 9 nitrogen and oxygen atoms in total. The molecule has 1 aromatic heterocycles. The highest BCUT2D eigenvalue weighted by Gasteiger charge is 2.32. The molecule has 1 atom stereocenters. The Morgan fingerprint density at radius 1 is 1.11 bits per heavy atom. The standard InChI is InChI=1S/C25H24ClFN6O3/c1-13-11-32(2)7-8-33(13)22-21(23(34)24(22)35)30-18-9-14-17(10-19(18)36-3)28-12-29-25(14)31-16-6-4-5-15(26)20(16)27/h4-6,9-10,12-13,30H,7-8,11H2,1-3H3,(H,28,29,31)/t13-/m1/s1. The van der Waals surface area contributed by atoms with E-state index in [-0.39, 0.29) is 22.4 Å². The molecule has 11 heteroatoms. The fraction of sp³-hybridized carbons (Fsp3) is 0.280. The van der Waals surface area contributed by atoms with Crippen molar-refractivity contribution in [2.75, 3.05) is 49.3 Å². The van der Waals surface area contributed by atoms with Crippen LogP contribution in [0.5, 0.6) is 5.75 Å². The Hall–Kier alpha value is -3.76. The monoisotopic (exact) mass is 510 g/mol. The first-order chi connectivity index (χ1) is 17.3. The van der Waals surface area contributed by atoms with Gasteiger partial charge in [0.2, 0.25) is 0 Å². The van der Waals surface area contributed by atoms with Gasteiger partial charge in [-0.3, -0.25) is 9.59 Å². The highest BCUT2D eigenvalue weighted by molar-refractivity contribution is 6.31. The predicted octanol–water partition coefficient (Wildman–Crippen LogP) is 3.65. The van der Waals surface area contributed by atoms with E-state index in [4.69, 9.17) is 16.3 Å². The summed E-state index contributed by atoms with van der Waals surface area (Å²) in [5.41, 5.74) is 0.659. The van der Waals surface area contributed by atoms with E-state index in [1.165, 1.54) is 19.5 Å². The summed E-state index contributed by atoms with van der Waals surface area (Å²) in [5, 5.41) is 6.60. The molecule has 0 radical (unpaired) electrons. The third-order valence-corrected chi connectivity index (χ3v) is 6.72. The summed E-state index contributed by atoms with van der Waals surface area (Å²) in [6.45, 7) is 4.23. The van der Waals surface area contributed by atoms with Crippen molar-refractivity contribution in [3.8, 4) is 5.75 Å². The molecule has 0 bridgehead atoms. The van der Waals surface area contributed by atoms with Crippen LogP contribution in [0, 0.1) is 5.82 Å². The first-order valence-electron chi connectivity index (χ1n) is 11.4. The Balaban J connectivity index is 1.55. The molecule has 3 aromatic carbocycles. The van der Waals surface area contributed by atoms with Crippen LogP contribution in [0.4, 0.5) is 33.0 Å². The number of nitrogens with zero attached hydrogens (tertiary/aromatic N) is 4. The summed E-state index contributed by atoms with van der Waals surface area (Å²) in [6, 6.07) is 8.08. The predicted molar refractivity (Wildman–Crippen MR) is 140 cm³/mol. The van der Waals surface area contributed by atoms with Crippen LogP contribution >= 0.6 is 11.6 Å². The van der Waals surface area contributed by atoms with Gasteiger partial charge in [0.25, 0.3) is 10.9 Å². The van der Waals surface area contributed by atoms with Gasteiger partial charge in [0.05, 0.1) is 29.0 Å². The number of ether oxygens (including phenoxy) is 1. The second-order valence-electron chi connectivity index (χ2n) is 8.83. The Labute approximate surface area is 211 Å². The van der Waals surface area contributed by atoms with Gasteiger partial charge in [-0.05, 0) is 32.2 Å². The molecule has 0 aliphatic carbocycles. The Morgan fingerprint density at radius 3 is 2.67 bits per heavy atom. The van der Waals surface area contributed by atoms with Gasteiger partial charge in [0.1, 0.15) is 29.3 Å². The molecule has 2 N–H and O–H groups in total. The molecule has 36 heavy (non-hydrogen) atoms. The molecule has 1 fully saturated rings. The highest BCUT2D eigenvalue weighted by Crippen LogP contribution is 2.37. The summed E-state index contributed by atoms with van der Waals surface area (Å²) >= 11 is 5.92. The zero-order valence-electron chi connectivity index (χ0n) is 19.9. The van der Waals surface area contributed by atoms with Crippen LogP contribution in [-0.4, -0.2) is 54.7 Å². The number of methoxy groups -OCH3 is 1. The van der Waals surface area contributed by atoms with Gasteiger partial charge in [0, 0.05) is 37.1 Å². The number of benzene rings is 2. The lowest BCUT2D eigenvalue weighted by molar-refractivity contribution is 0.275. The number of halogens is 2. The van der Waals surface area contributed by atoms with Gasteiger partial charge in [0.15, 0.2) is 5.82 Å². The number of hydrogen-bond acceptors (Lipinski definition) is 9. The van der Waals surface area contributed by atoms with E-state index in [9.17, 15) is 14.0 Å². The SMILES string of the molecule is COc1cc2ncnc(Nc3cccc(Cl)c3F)c2cc1Nc1c(N2CCN(C)C[C@H]2C)c(=O)c1=O. The second-order valence-corrected chi connectivity index (χ2v) is 9.24. The molecule has 186 valence electrons. The molecule has 5 rings (SSSR count). The largest absolute Gasteiger partial charge is 0.494 e. The van der Waals surface area contributed by atoms with Gasteiger partial charge in [-0.25, -0.2) is 14.4 Å². The minimum absolute atomic E-state index is 0.0202. The fourth-order valence-corrected chi connectivity index (χ4v) is 4.73. The highest BCUT2D eigenvalue weighted by atomic mass is 35.5. The molecule has 0 spiro atoms. The summed E-state index contributed by atoms with van der Waals surface area (Å²) in [6.07, 6.45) is 1.35. The summed E-state index contributed by atoms with van der Waals surface area (Å²) < 4.78 is 20.0. The molecule has 2 heterocycles. The lowest BCUT2D eigenvalue weighted by Gasteiger charge is -2.40. The third kappa shape index (κ3) is 4.12. The number of fused-ring (bicyclic) bond motifs is 1. The van der Waals surface area contributed by atoms with E-state index in [0.717, 1.165) is 13.1 Å². The Kier molecular flexibility index (Phi) is 6.23. The van der Waals surface area contributed by atoms with E-state index < -0.39 is 16.7 Å². The van der Waals surface area contributed by atoms with Crippen LogP contribution in [0.3, 0.4) is 0 Å². The first-order valence-corrected chi connectivity index (χ1v) is 11.8. The van der Waals surface area contributed by atoms with Crippen LogP contribution in [0.15, 0.2) is 46.2 Å². The average molecular weight is 511 g/mol. The molecular weight excluding hydrogens is 487 g/mol. The number of hydrogen-bond donors (Lipinski definition) is 2. The van der Waals surface area contributed by atoms with E-state index in [1.807, 2.05) is 18.9 Å². The van der Waals surface area contributed by atoms with Crippen molar-refractivity contribution in [2.45, 2.75) is 13.0 Å². The van der Waals surface area contributed by atoms with Crippen molar-refractivity contribution in [1.29, 1.82) is 0 Å². The minimum atomic E-state index is -0.604. The van der Waals surface area contributed by atoms with Gasteiger partial charge >= 0.3 is 0 Å². The van der Waals surface area contributed by atoms with Crippen LogP contribution in [-0.2, 0) is 0 Å². The van der Waals surface area contributed by atoms with Crippen molar-refractivity contribution in [1.82, 2.24) is 14.9 Å². The number of likely N-dealkylation sites (N-methyl/N-ethyl adjacent to an activating group) is 1. The topological polar surface area (TPSA) is 99.7 Å². The van der Waals surface area contributed by atoms with E-state index >= 15 is 0 Å². The number of anilines is 5. The van der Waals surface area contributed by atoms with E-state index in [2.05, 4.69) is 25.5 Å². The number of aromatic nitrogens is 2. The van der Waals surface area contributed by atoms with Gasteiger partial charge in [-0.1, -0.05) is 17.7 Å². The average Bonchev–Trinajstić information content (AvgIpc) is 2.87. The number of piperazine rings is 1. The van der Waals surface area contributed by atoms with Crippen molar-refractivity contribution < 1.29 is 9.13 Å².